The third-order valence-electron chi connectivity index (χ3n) is 7.26. The van der Waals surface area contributed by atoms with Crippen LogP contribution in [-0.4, -0.2) is 87.2 Å². The molecule has 0 radical (unpaired) electrons. The Hall–Kier alpha value is -2.44. The first kappa shape index (κ1) is 23.3. The quantitative estimate of drug-likeness (QED) is 0.430. The predicted octanol–water partition coefficient (Wildman–Crippen LogP) is 1.56. The normalized spacial score (nSPS) is 28.8. The second-order valence-corrected chi connectivity index (χ2v) is 9.68. The molecule has 0 aliphatic carbocycles. The maximum absolute atomic E-state index is 10.3. The molecule has 3 aromatic rings. The van der Waals surface area contributed by atoms with Gasteiger partial charge in [-0.05, 0) is 63.7 Å². The van der Waals surface area contributed by atoms with Gasteiger partial charge < -0.3 is 34.6 Å². The van der Waals surface area contributed by atoms with Crippen molar-refractivity contribution in [3.63, 3.8) is 0 Å². The van der Waals surface area contributed by atoms with Crippen LogP contribution in [-0.2, 0) is 4.74 Å². The van der Waals surface area contributed by atoms with E-state index in [2.05, 4.69) is 65.6 Å². The van der Waals surface area contributed by atoms with E-state index in [0.717, 1.165) is 37.0 Å². The van der Waals surface area contributed by atoms with Crippen LogP contribution in [0, 0.1) is 18.8 Å². The SMILES string of the molecule is Cc1ccc2c3ccc(C#C[C@H]4O[C@H](CO)[C@@H](O)[C@H](O)[C@@H]4O)cc3n(C3CCN(C)CC3)c2c1. The Balaban J connectivity index is 1.55. The van der Waals surface area contributed by atoms with Crippen molar-refractivity contribution in [2.75, 3.05) is 26.7 Å². The number of aliphatic hydroxyl groups is 4. The van der Waals surface area contributed by atoms with Crippen molar-refractivity contribution in [2.24, 2.45) is 0 Å². The number of likely N-dealkylation sites (tertiary alicyclic amines) is 1. The minimum atomic E-state index is -1.43. The lowest BCUT2D eigenvalue weighted by Gasteiger charge is -2.37. The van der Waals surface area contributed by atoms with Crippen molar-refractivity contribution >= 4 is 21.8 Å². The summed E-state index contributed by atoms with van der Waals surface area (Å²) in [7, 11) is 2.17. The van der Waals surface area contributed by atoms with Gasteiger partial charge in [-0.15, -0.1) is 0 Å². The lowest BCUT2D eigenvalue weighted by molar-refractivity contribution is -0.214. The molecule has 0 bridgehead atoms. The fraction of sp³-hybridized carbons (Fsp3) is 0.481. The molecule has 2 saturated heterocycles. The second kappa shape index (κ2) is 9.31. The van der Waals surface area contributed by atoms with E-state index >= 15 is 0 Å². The largest absolute Gasteiger partial charge is 0.394 e. The van der Waals surface area contributed by atoms with Crippen LogP contribution in [0.4, 0.5) is 0 Å². The van der Waals surface area contributed by atoms with Crippen molar-refractivity contribution in [1.82, 2.24) is 9.47 Å². The molecule has 7 nitrogen and oxygen atoms in total. The second-order valence-electron chi connectivity index (χ2n) is 9.68. The lowest BCUT2D eigenvalue weighted by atomic mass is 9.95. The number of aromatic nitrogens is 1. The third kappa shape index (κ3) is 4.11. The molecule has 7 heteroatoms. The number of fused-ring (bicyclic) bond motifs is 3. The Bertz CT molecular complexity index is 1250. The highest BCUT2D eigenvalue weighted by Crippen LogP contribution is 2.36. The summed E-state index contributed by atoms with van der Waals surface area (Å²) in [5, 5.41) is 42.2. The molecule has 34 heavy (non-hydrogen) atoms. The van der Waals surface area contributed by atoms with Crippen molar-refractivity contribution in [3.05, 3.63) is 47.5 Å². The molecule has 2 fully saturated rings. The topological polar surface area (TPSA) is 98.3 Å². The van der Waals surface area contributed by atoms with E-state index in [-0.39, 0.29) is 0 Å². The van der Waals surface area contributed by atoms with Crippen molar-refractivity contribution in [3.8, 4) is 11.8 Å². The van der Waals surface area contributed by atoms with Gasteiger partial charge in [-0.3, -0.25) is 0 Å². The van der Waals surface area contributed by atoms with E-state index in [9.17, 15) is 20.4 Å². The average Bonchev–Trinajstić information content (AvgIpc) is 3.15. The summed E-state index contributed by atoms with van der Waals surface area (Å²) < 4.78 is 8.00. The summed E-state index contributed by atoms with van der Waals surface area (Å²) in [6.07, 6.45) is -3.97. The summed E-state index contributed by atoms with van der Waals surface area (Å²) >= 11 is 0. The molecule has 180 valence electrons. The molecular weight excluding hydrogens is 432 g/mol. The minimum Gasteiger partial charge on any atom is -0.394 e. The predicted molar refractivity (Wildman–Crippen MR) is 131 cm³/mol. The zero-order chi connectivity index (χ0) is 24.0. The molecule has 3 heterocycles. The van der Waals surface area contributed by atoms with Crippen LogP contribution in [0.15, 0.2) is 36.4 Å². The number of rotatable bonds is 2. The number of aliphatic hydroxyl groups excluding tert-OH is 4. The average molecular weight is 465 g/mol. The molecule has 0 spiro atoms. The zero-order valence-corrected chi connectivity index (χ0v) is 19.6. The Morgan fingerprint density at radius 1 is 0.941 bits per heavy atom. The molecule has 0 amide bonds. The Morgan fingerprint density at radius 2 is 1.62 bits per heavy atom. The molecule has 4 N–H and O–H groups in total. The van der Waals surface area contributed by atoms with Gasteiger partial charge in [-0.1, -0.05) is 30.0 Å². The molecule has 5 atom stereocenters. The summed E-state index contributed by atoms with van der Waals surface area (Å²) in [6.45, 7) is 3.78. The van der Waals surface area contributed by atoms with E-state index in [1.165, 1.54) is 21.9 Å². The smallest absolute Gasteiger partial charge is 0.147 e. The molecule has 5 rings (SSSR count). The molecule has 1 aromatic heterocycles. The van der Waals surface area contributed by atoms with Crippen LogP contribution in [0.1, 0.15) is 30.0 Å². The highest BCUT2D eigenvalue weighted by Gasteiger charge is 2.42. The summed E-state index contributed by atoms with van der Waals surface area (Å²) in [5.41, 5.74) is 4.38. The molecular formula is C27H32N2O5. The Kier molecular flexibility index (Phi) is 6.38. The van der Waals surface area contributed by atoms with Gasteiger partial charge in [0, 0.05) is 27.9 Å². The Labute approximate surface area is 199 Å². The summed E-state index contributed by atoms with van der Waals surface area (Å²) in [4.78, 5) is 2.37. The van der Waals surface area contributed by atoms with Crippen molar-refractivity contribution in [1.29, 1.82) is 0 Å². The number of hydrogen-bond acceptors (Lipinski definition) is 6. The first-order valence-electron chi connectivity index (χ1n) is 11.9. The van der Waals surface area contributed by atoms with Crippen LogP contribution in [0.25, 0.3) is 21.8 Å². The van der Waals surface area contributed by atoms with Crippen molar-refractivity contribution in [2.45, 2.75) is 56.3 Å². The monoisotopic (exact) mass is 464 g/mol. The zero-order valence-electron chi connectivity index (χ0n) is 19.6. The standard InChI is InChI=1S/C27H32N2O5/c1-16-3-6-19-20-7-4-17(5-8-23-25(31)27(33)26(32)24(15-30)34-23)14-22(20)29(21(19)13-16)18-9-11-28(2)12-10-18/h3-4,6-7,13-14,18,23-27,30-33H,9-12,15H2,1-2H3/t23-,24-,25-,26-,27-/m1/s1. The minimum absolute atomic E-state index is 0.409. The van der Waals surface area contributed by atoms with Gasteiger partial charge in [-0.25, -0.2) is 0 Å². The van der Waals surface area contributed by atoms with Crippen LogP contribution in [0.5, 0.6) is 0 Å². The van der Waals surface area contributed by atoms with Gasteiger partial charge in [0.15, 0.2) is 0 Å². The fourth-order valence-electron chi connectivity index (χ4n) is 5.26. The molecule has 2 aliphatic rings. The van der Waals surface area contributed by atoms with Crippen LogP contribution in [0.2, 0.25) is 0 Å². The van der Waals surface area contributed by atoms with E-state index in [4.69, 9.17) is 4.74 Å². The lowest BCUT2D eigenvalue weighted by Crippen LogP contribution is -2.58. The van der Waals surface area contributed by atoms with E-state index in [1.807, 2.05) is 6.07 Å². The molecule has 0 unspecified atom stereocenters. The van der Waals surface area contributed by atoms with Crippen LogP contribution < -0.4 is 0 Å². The van der Waals surface area contributed by atoms with Gasteiger partial charge in [0.2, 0.25) is 0 Å². The first-order valence-corrected chi connectivity index (χ1v) is 11.9. The van der Waals surface area contributed by atoms with Gasteiger partial charge in [0.25, 0.3) is 0 Å². The number of nitrogens with zero attached hydrogens (tertiary/aromatic N) is 2. The number of piperidine rings is 1. The highest BCUT2D eigenvalue weighted by molar-refractivity contribution is 6.08. The molecule has 2 aliphatic heterocycles. The molecule has 0 saturated carbocycles. The third-order valence-corrected chi connectivity index (χ3v) is 7.26. The number of benzene rings is 2. The molecule has 2 aromatic carbocycles. The van der Waals surface area contributed by atoms with E-state index < -0.39 is 37.1 Å². The number of aryl methyl sites for hydroxylation is 1. The maximum atomic E-state index is 10.3. The fourth-order valence-corrected chi connectivity index (χ4v) is 5.26. The van der Waals surface area contributed by atoms with E-state index in [0.29, 0.717) is 6.04 Å². The maximum Gasteiger partial charge on any atom is 0.147 e. The number of hydrogen-bond donors (Lipinski definition) is 4. The van der Waals surface area contributed by atoms with Gasteiger partial charge in [-0.2, -0.15) is 0 Å². The van der Waals surface area contributed by atoms with Crippen LogP contribution in [0.3, 0.4) is 0 Å². The van der Waals surface area contributed by atoms with Gasteiger partial charge in [0.05, 0.1) is 12.1 Å². The highest BCUT2D eigenvalue weighted by atomic mass is 16.5. The summed E-state index contributed by atoms with van der Waals surface area (Å²) in [6, 6.07) is 13.1. The first-order chi connectivity index (χ1) is 16.4. The summed E-state index contributed by atoms with van der Waals surface area (Å²) in [5.74, 6) is 5.97. The van der Waals surface area contributed by atoms with Crippen molar-refractivity contribution < 1.29 is 25.2 Å². The van der Waals surface area contributed by atoms with E-state index in [1.54, 1.807) is 0 Å². The Morgan fingerprint density at radius 3 is 2.32 bits per heavy atom. The van der Waals surface area contributed by atoms with Gasteiger partial charge >= 0.3 is 0 Å². The van der Waals surface area contributed by atoms with Crippen LogP contribution >= 0.6 is 0 Å². The van der Waals surface area contributed by atoms with Gasteiger partial charge in [0.1, 0.15) is 30.5 Å². The number of ether oxygens (including phenoxy) is 1.